The first-order valence-corrected chi connectivity index (χ1v) is 7.46. The van der Waals surface area contributed by atoms with Crippen LogP contribution in [0.2, 0.25) is 0 Å². The van der Waals surface area contributed by atoms with Crippen LogP contribution in [-0.2, 0) is 4.74 Å². The fourth-order valence-electron chi connectivity index (χ4n) is 1.96. The Morgan fingerprint density at radius 2 is 2.05 bits per heavy atom. The summed E-state index contributed by atoms with van der Waals surface area (Å²) in [5.74, 6) is 1.13. The fourth-order valence-corrected chi connectivity index (χ4v) is 1.96. The van der Waals surface area contributed by atoms with Gasteiger partial charge in [0, 0.05) is 25.8 Å². The number of benzene rings is 1. The summed E-state index contributed by atoms with van der Waals surface area (Å²) in [5.41, 5.74) is 0.576. The van der Waals surface area contributed by atoms with Crippen LogP contribution in [0.25, 0.3) is 0 Å². The molecule has 0 saturated carbocycles. The maximum absolute atomic E-state index is 12.5. The standard InChI is InChI=1S/C17H25NO4/c1-5-11-22-15-9-8-14(13-16(15)21-7-3)17(19)18(6-2)10-12-20-4/h5,8-9,13H,1,6-7,10-12H2,2-4H3. The van der Waals surface area contributed by atoms with Gasteiger partial charge < -0.3 is 19.1 Å². The predicted molar refractivity (Wildman–Crippen MR) is 86.8 cm³/mol. The van der Waals surface area contributed by atoms with Crippen molar-refractivity contribution in [3.8, 4) is 11.5 Å². The molecule has 1 rings (SSSR count). The molecule has 22 heavy (non-hydrogen) atoms. The average molecular weight is 307 g/mol. The summed E-state index contributed by atoms with van der Waals surface area (Å²) >= 11 is 0. The highest BCUT2D eigenvalue weighted by Gasteiger charge is 2.16. The van der Waals surface area contributed by atoms with Crippen molar-refractivity contribution >= 4 is 5.91 Å². The number of likely N-dealkylation sites (N-methyl/N-ethyl adjacent to an activating group) is 1. The van der Waals surface area contributed by atoms with E-state index in [0.29, 0.717) is 50.0 Å². The second-order valence-corrected chi connectivity index (χ2v) is 4.57. The van der Waals surface area contributed by atoms with Crippen molar-refractivity contribution in [1.29, 1.82) is 0 Å². The van der Waals surface area contributed by atoms with Crippen LogP contribution in [0.1, 0.15) is 24.2 Å². The minimum Gasteiger partial charge on any atom is -0.490 e. The van der Waals surface area contributed by atoms with Crippen molar-refractivity contribution in [2.24, 2.45) is 0 Å². The number of carbonyl (C=O) groups excluding carboxylic acids is 1. The highest BCUT2D eigenvalue weighted by Crippen LogP contribution is 2.29. The number of hydrogen-bond acceptors (Lipinski definition) is 4. The van der Waals surface area contributed by atoms with E-state index in [1.54, 1.807) is 36.3 Å². The molecule has 0 aromatic heterocycles. The molecule has 5 heteroatoms. The van der Waals surface area contributed by atoms with Gasteiger partial charge in [-0.25, -0.2) is 0 Å². The lowest BCUT2D eigenvalue weighted by molar-refractivity contribution is 0.0706. The summed E-state index contributed by atoms with van der Waals surface area (Å²) in [6.07, 6.45) is 1.67. The molecule has 0 N–H and O–H groups in total. The van der Waals surface area contributed by atoms with Gasteiger partial charge in [0.05, 0.1) is 13.2 Å². The molecular formula is C17H25NO4. The molecule has 0 aliphatic carbocycles. The fraction of sp³-hybridized carbons (Fsp3) is 0.471. The van der Waals surface area contributed by atoms with Gasteiger partial charge in [-0.15, -0.1) is 0 Å². The molecule has 1 amide bonds. The van der Waals surface area contributed by atoms with E-state index in [9.17, 15) is 4.79 Å². The van der Waals surface area contributed by atoms with Crippen LogP contribution in [-0.4, -0.2) is 50.8 Å². The lowest BCUT2D eigenvalue weighted by Crippen LogP contribution is -2.33. The van der Waals surface area contributed by atoms with Crippen molar-refractivity contribution in [3.63, 3.8) is 0 Å². The van der Waals surface area contributed by atoms with Crippen LogP contribution >= 0.6 is 0 Å². The molecule has 0 heterocycles. The summed E-state index contributed by atoms with van der Waals surface area (Å²) in [7, 11) is 1.62. The van der Waals surface area contributed by atoms with E-state index >= 15 is 0 Å². The number of ether oxygens (including phenoxy) is 3. The molecular weight excluding hydrogens is 282 g/mol. The third kappa shape index (κ3) is 5.07. The molecule has 0 aliphatic heterocycles. The third-order valence-electron chi connectivity index (χ3n) is 3.08. The Kier molecular flexibility index (Phi) is 8.07. The Hall–Kier alpha value is -2.01. The first-order valence-electron chi connectivity index (χ1n) is 7.46. The van der Waals surface area contributed by atoms with Gasteiger partial charge in [0.2, 0.25) is 0 Å². The molecule has 0 unspecified atom stereocenters. The number of amides is 1. The zero-order valence-electron chi connectivity index (χ0n) is 13.6. The molecule has 0 aliphatic rings. The Morgan fingerprint density at radius 1 is 1.27 bits per heavy atom. The molecule has 1 aromatic carbocycles. The Bertz CT molecular complexity index is 488. The van der Waals surface area contributed by atoms with Gasteiger partial charge in [-0.3, -0.25) is 4.79 Å². The minimum absolute atomic E-state index is 0.0456. The minimum atomic E-state index is -0.0456. The Balaban J connectivity index is 2.95. The van der Waals surface area contributed by atoms with Crippen LogP contribution < -0.4 is 9.47 Å². The van der Waals surface area contributed by atoms with Gasteiger partial charge >= 0.3 is 0 Å². The maximum atomic E-state index is 12.5. The molecule has 1 aromatic rings. The van der Waals surface area contributed by atoms with Crippen molar-refractivity contribution < 1.29 is 19.0 Å². The van der Waals surface area contributed by atoms with E-state index in [1.165, 1.54) is 0 Å². The molecule has 0 atom stereocenters. The summed E-state index contributed by atoms with van der Waals surface area (Å²) in [5, 5.41) is 0. The van der Waals surface area contributed by atoms with Crippen molar-refractivity contribution in [2.75, 3.05) is 40.0 Å². The monoisotopic (exact) mass is 307 g/mol. The molecule has 0 spiro atoms. The van der Waals surface area contributed by atoms with Gasteiger partial charge in [-0.2, -0.15) is 0 Å². The third-order valence-corrected chi connectivity index (χ3v) is 3.08. The summed E-state index contributed by atoms with van der Waals surface area (Å²) < 4.78 is 16.1. The van der Waals surface area contributed by atoms with Gasteiger partial charge in [-0.1, -0.05) is 12.7 Å². The zero-order chi connectivity index (χ0) is 16.4. The van der Waals surface area contributed by atoms with Crippen LogP contribution in [0.4, 0.5) is 0 Å². The number of hydrogen-bond donors (Lipinski definition) is 0. The van der Waals surface area contributed by atoms with E-state index < -0.39 is 0 Å². The molecule has 0 saturated heterocycles. The first-order chi connectivity index (χ1) is 10.7. The van der Waals surface area contributed by atoms with Gasteiger partial charge in [0.15, 0.2) is 11.5 Å². The first kappa shape index (κ1) is 18.0. The zero-order valence-corrected chi connectivity index (χ0v) is 13.6. The second-order valence-electron chi connectivity index (χ2n) is 4.57. The van der Waals surface area contributed by atoms with Crippen LogP contribution in [0.3, 0.4) is 0 Å². The summed E-state index contributed by atoms with van der Waals surface area (Å²) in [4.78, 5) is 14.3. The SMILES string of the molecule is C=CCOc1ccc(C(=O)N(CC)CCOC)cc1OCC. The van der Waals surface area contributed by atoms with Gasteiger partial charge in [-0.05, 0) is 32.0 Å². The number of methoxy groups -OCH3 is 1. The second kappa shape index (κ2) is 9.84. The average Bonchev–Trinajstić information content (AvgIpc) is 2.54. The predicted octanol–water partition coefficient (Wildman–Crippen LogP) is 2.76. The van der Waals surface area contributed by atoms with E-state index in [1.807, 2.05) is 13.8 Å². The normalized spacial score (nSPS) is 10.1. The van der Waals surface area contributed by atoms with Crippen molar-refractivity contribution in [3.05, 3.63) is 36.4 Å². The maximum Gasteiger partial charge on any atom is 0.254 e. The smallest absolute Gasteiger partial charge is 0.254 e. The molecule has 5 nitrogen and oxygen atoms in total. The highest BCUT2D eigenvalue weighted by molar-refractivity contribution is 5.95. The van der Waals surface area contributed by atoms with Crippen LogP contribution in [0, 0.1) is 0 Å². The number of nitrogens with zero attached hydrogens (tertiary/aromatic N) is 1. The van der Waals surface area contributed by atoms with Gasteiger partial charge in [0.25, 0.3) is 5.91 Å². The summed E-state index contributed by atoms with van der Waals surface area (Å²) in [6.45, 7) is 10.0. The van der Waals surface area contributed by atoms with Crippen molar-refractivity contribution in [1.82, 2.24) is 4.90 Å². The van der Waals surface area contributed by atoms with E-state index in [-0.39, 0.29) is 5.91 Å². The van der Waals surface area contributed by atoms with E-state index in [2.05, 4.69) is 6.58 Å². The van der Waals surface area contributed by atoms with Gasteiger partial charge in [0.1, 0.15) is 6.61 Å². The molecule has 0 radical (unpaired) electrons. The van der Waals surface area contributed by atoms with Crippen LogP contribution in [0.15, 0.2) is 30.9 Å². The number of carbonyl (C=O) groups is 1. The lowest BCUT2D eigenvalue weighted by Gasteiger charge is -2.21. The molecule has 0 fully saturated rings. The molecule has 122 valence electrons. The topological polar surface area (TPSA) is 48.0 Å². The van der Waals surface area contributed by atoms with Crippen LogP contribution in [0.5, 0.6) is 11.5 Å². The van der Waals surface area contributed by atoms with Crippen molar-refractivity contribution in [2.45, 2.75) is 13.8 Å². The highest BCUT2D eigenvalue weighted by atomic mass is 16.5. The Labute approximate surface area is 132 Å². The van der Waals surface area contributed by atoms with E-state index in [4.69, 9.17) is 14.2 Å². The quantitative estimate of drug-likeness (QED) is 0.624. The van der Waals surface area contributed by atoms with E-state index in [0.717, 1.165) is 0 Å². The number of rotatable bonds is 10. The summed E-state index contributed by atoms with van der Waals surface area (Å²) in [6, 6.07) is 5.23. The Morgan fingerprint density at radius 3 is 2.64 bits per heavy atom. The largest absolute Gasteiger partial charge is 0.490 e. The molecule has 0 bridgehead atoms. The lowest BCUT2D eigenvalue weighted by atomic mass is 10.1.